The fourth-order valence-electron chi connectivity index (χ4n) is 0.570. The Bertz CT molecular complexity index is 45.8. The predicted octanol–water partition coefficient (Wildman–Crippen LogP) is 2.49. The van der Waals surface area contributed by atoms with Crippen molar-refractivity contribution in [3.63, 3.8) is 0 Å². The van der Waals surface area contributed by atoms with Crippen molar-refractivity contribution < 1.29 is 0 Å². The zero-order chi connectivity index (χ0) is 6.41. The van der Waals surface area contributed by atoms with Crippen LogP contribution < -0.4 is 0 Å². The number of hydrogen-bond acceptors (Lipinski definition) is 1. The fourth-order valence-corrected chi connectivity index (χ4v) is 2.14. The smallest absolute Gasteiger partial charge is 0.0413 e. The first kappa shape index (κ1) is 8.57. The third kappa shape index (κ3) is 6.57. The SMILES string of the molecule is CSCCC[Si](C)C. The minimum atomic E-state index is 0.0796. The highest BCUT2D eigenvalue weighted by Gasteiger charge is 1.92. The van der Waals surface area contributed by atoms with Crippen molar-refractivity contribution in [2.24, 2.45) is 0 Å². The molecule has 0 N–H and O–H groups in total. The average Bonchev–Trinajstić information content (AvgIpc) is 1.66. The molecule has 2 heteroatoms. The summed E-state index contributed by atoms with van der Waals surface area (Å²) in [6.45, 7) is 4.76. The molecule has 0 rings (SSSR count). The van der Waals surface area contributed by atoms with Gasteiger partial charge < -0.3 is 0 Å². The summed E-state index contributed by atoms with van der Waals surface area (Å²) in [5, 5.41) is 0. The van der Waals surface area contributed by atoms with E-state index in [1.54, 1.807) is 0 Å². The van der Waals surface area contributed by atoms with Crippen LogP contribution in [-0.2, 0) is 0 Å². The zero-order valence-corrected chi connectivity index (χ0v) is 7.85. The molecule has 0 aromatic rings. The standard InChI is InChI=1S/C6H15SSi/c1-7-5-4-6-8(2)3/h4-6H2,1-3H3. The van der Waals surface area contributed by atoms with E-state index in [4.69, 9.17) is 0 Å². The van der Waals surface area contributed by atoms with Crippen LogP contribution in [0, 0.1) is 0 Å². The van der Waals surface area contributed by atoms with Gasteiger partial charge in [-0.25, -0.2) is 0 Å². The van der Waals surface area contributed by atoms with Crippen molar-refractivity contribution >= 4 is 20.6 Å². The first-order valence-corrected chi connectivity index (χ1v) is 7.15. The summed E-state index contributed by atoms with van der Waals surface area (Å²) in [5.74, 6) is 1.36. The molecule has 0 unspecified atom stereocenters. The van der Waals surface area contributed by atoms with Crippen molar-refractivity contribution in [3.8, 4) is 0 Å². The Balaban J connectivity index is 2.72. The quantitative estimate of drug-likeness (QED) is 0.435. The fraction of sp³-hybridized carbons (Fsp3) is 1.00. The van der Waals surface area contributed by atoms with Crippen LogP contribution in [-0.4, -0.2) is 20.8 Å². The van der Waals surface area contributed by atoms with Crippen LogP contribution in [0.15, 0.2) is 0 Å². The molecular formula is C6H15SSi. The Kier molecular flexibility index (Phi) is 6.10. The second-order valence-electron chi connectivity index (χ2n) is 2.30. The Morgan fingerprint density at radius 3 is 2.38 bits per heavy atom. The third-order valence-corrected chi connectivity index (χ3v) is 3.08. The topological polar surface area (TPSA) is 0 Å². The van der Waals surface area contributed by atoms with Crippen molar-refractivity contribution in [1.82, 2.24) is 0 Å². The van der Waals surface area contributed by atoms with E-state index in [9.17, 15) is 0 Å². The lowest BCUT2D eigenvalue weighted by Crippen LogP contribution is -1.98. The molecule has 49 valence electrons. The molecule has 0 amide bonds. The van der Waals surface area contributed by atoms with E-state index in [2.05, 4.69) is 19.3 Å². The molecule has 0 bridgehead atoms. The molecule has 0 aromatic carbocycles. The Labute approximate surface area is 58.7 Å². The van der Waals surface area contributed by atoms with Gasteiger partial charge in [0, 0.05) is 8.80 Å². The molecule has 0 atom stereocenters. The van der Waals surface area contributed by atoms with Gasteiger partial charge in [0.1, 0.15) is 0 Å². The van der Waals surface area contributed by atoms with Crippen molar-refractivity contribution in [2.75, 3.05) is 12.0 Å². The van der Waals surface area contributed by atoms with Gasteiger partial charge in [-0.2, -0.15) is 11.8 Å². The molecule has 0 fully saturated rings. The maximum absolute atomic E-state index is 2.38. The molecule has 0 aliphatic carbocycles. The normalized spacial score (nSPS) is 10.5. The average molecular weight is 147 g/mol. The maximum Gasteiger partial charge on any atom is 0.0413 e. The minimum absolute atomic E-state index is 0.0796. The van der Waals surface area contributed by atoms with Crippen LogP contribution in [0.4, 0.5) is 0 Å². The van der Waals surface area contributed by atoms with Crippen LogP contribution >= 0.6 is 11.8 Å². The van der Waals surface area contributed by atoms with Gasteiger partial charge in [0.2, 0.25) is 0 Å². The van der Waals surface area contributed by atoms with Gasteiger partial charge in [-0.3, -0.25) is 0 Å². The van der Waals surface area contributed by atoms with Crippen LogP contribution in [0.2, 0.25) is 19.1 Å². The van der Waals surface area contributed by atoms with E-state index in [0.717, 1.165) is 0 Å². The van der Waals surface area contributed by atoms with Crippen LogP contribution in [0.25, 0.3) is 0 Å². The summed E-state index contributed by atoms with van der Waals surface area (Å²) in [4.78, 5) is 0. The van der Waals surface area contributed by atoms with Gasteiger partial charge in [-0.1, -0.05) is 19.1 Å². The monoisotopic (exact) mass is 147 g/mol. The van der Waals surface area contributed by atoms with Crippen LogP contribution in [0.1, 0.15) is 6.42 Å². The van der Waals surface area contributed by atoms with Gasteiger partial charge in [-0.05, 0) is 18.4 Å². The highest BCUT2D eigenvalue weighted by Crippen LogP contribution is 2.02. The van der Waals surface area contributed by atoms with E-state index in [1.165, 1.54) is 18.2 Å². The first-order valence-electron chi connectivity index (χ1n) is 3.05. The Morgan fingerprint density at radius 2 is 2.00 bits per heavy atom. The van der Waals surface area contributed by atoms with Gasteiger partial charge in [0.05, 0.1) is 0 Å². The lowest BCUT2D eigenvalue weighted by molar-refractivity contribution is 1.08. The van der Waals surface area contributed by atoms with Gasteiger partial charge in [0.25, 0.3) is 0 Å². The maximum atomic E-state index is 2.38. The van der Waals surface area contributed by atoms with E-state index in [-0.39, 0.29) is 8.80 Å². The second-order valence-corrected chi connectivity index (χ2v) is 6.20. The van der Waals surface area contributed by atoms with Crippen molar-refractivity contribution in [1.29, 1.82) is 0 Å². The number of thioether (sulfide) groups is 1. The van der Waals surface area contributed by atoms with Crippen molar-refractivity contribution in [2.45, 2.75) is 25.6 Å². The third-order valence-electron chi connectivity index (χ3n) is 1.03. The minimum Gasteiger partial charge on any atom is -0.165 e. The molecule has 0 saturated heterocycles. The van der Waals surface area contributed by atoms with Gasteiger partial charge >= 0.3 is 0 Å². The second kappa shape index (κ2) is 5.70. The lowest BCUT2D eigenvalue weighted by atomic mass is 10.6. The molecule has 0 spiro atoms. The predicted molar refractivity (Wildman–Crippen MR) is 45.3 cm³/mol. The van der Waals surface area contributed by atoms with E-state index >= 15 is 0 Å². The molecule has 0 saturated carbocycles. The lowest BCUT2D eigenvalue weighted by Gasteiger charge is -1.98. The molecular weight excluding hydrogens is 132 g/mol. The Morgan fingerprint density at radius 1 is 1.38 bits per heavy atom. The summed E-state index contributed by atoms with van der Waals surface area (Å²) < 4.78 is 0. The Hall–Kier alpha value is 0.567. The zero-order valence-electron chi connectivity index (χ0n) is 6.03. The van der Waals surface area contributed by atoms with E-state index in [1.807, 2.05) is 11.8 Å². The van der Waals surface area contributed by atoms with Gasteiger partial charge in [0.15, 0.2) is 0 Å². The molecule has 0 aromatic heterocycles. The largest absolute Gasteiger partial charge is 0.165 e. The molecule has 0 heterocycles. The highest BCUT2D eigenvalue weighted by atomic mass is 32.2. The molecule has 0 aliphatic rings. The van der Waals surface area contributed by atoms with Crippen molar-refractivity contribution in [3.05, 3.63) is 0 Å². The summed E-state index contributed by atoms with van der Waals surface area (Å²) in [6.07, 6.45) is 3.61. The molecule has 0 nitrogen and oxygen atoms in total. The van der Waals surface area contributed by atoms with Crippen LogP contribution in [0.5, 0.6) is 0 Å². The molecule has 0 aliphatic heterocycles. The molecule has 8 heavy (non-hydrogen) atoms. The summed E-state index contributed by atoms with van der Waals surface area (Å²) >= 11 is 1.96. The first-order chi connectivity index (χ1) is 3.77. The van der Waals surface area contributed by atoms with E-state index < -0.39 is 0 Å². The number of rotatable bonds is 4. The van der Waals surface area contributed by atoms with Crippen LogP contribution in [0.3, 0.4) is 0 Å². The number of hydrogen-bond donors (Lipinski definition) is 0. The highest BCUT2D eigenvalue weighted by molar-refractivity contribution is 7.98. The summed E-state index contributed by atoms with van der Waals surface area (Å²) in [6, 6.07) is 1.49. The molecule has 1 radical (unpaired) electrons. The van der Waals surface area contributed by atoms with Gasteiger partial charge in [-0.15, -0.1) is 0 Å². The summed E-state index contributed by atoms with van der Waals surface area (Å²) in [5.41, 5.74) is 0. The van der Waals surface area contributed by atoms with E-state index in [0.29, 0.717) is 0 Å². The summed E-state index contributed by atoms with van der Waals surface area (Å²) in [7, 11) is 0.0796.